The van der Waals surface area contributed by atoms with Crippen molar-refractivity contribution in [1.29, 1.82) is 0 Å². The van der Waals surface area contributed by atoms with Crippen molar-refractivity contribution in [2.75, 3.05) is 43.3 Å². The van der Waals surface area contributed by atoms with E-state index in [1.54, 1.807) is 39.0 Å². The molecular weight excluding hydrogens is 374 g/mol. The number of methoxy groups -OCH3 is 1. The Morgan fingerprint density at radius 2 is 1.89 bits per heavy atom. The predicted octanol–water partition coefficient (Wildman–Crippen LogP) is 2.42. The molecule has 8 nitrogen and oxygen atoms in total. The number of hydrogen-bond donors (Lipinski definition) is 4. The summed E-state index contributed by atoms with van der Waals surface area (Å²) in [6.07, 6.45) is -1.22. The average molecular weight is 402 g/mol. The summed E-state index contributed by atoms with van der Waals surface area (Å²) < 4.78 is 9.89. The van der Waals surface area contributed by atoms with E-state index in [1.807, 2.05) is 0 Å². The number of alkyl halides is 1. The highest BCUT2D eigenvalue weighted by Crippen LogP contribution is 2.23. The van der Waals surface area contributed by atoms with Gasteiger partial charge in [0.15, 0.2) is 0 Å². The first-order valence-electron chi connectivity index (χ1n) is 8.57. The first kappa shape index (κ1) is 22.9. The quantitative estimate of drug-likeness (QED) is 0.286. The van der Waals surface area contributed by atoms with Crippen molar-refractivity contribution in [3.63, 3.8) is 0 Å². The zero-order chi connectivity index (χ0) is 20.4. The molecule has 27 heavy (non-hydrogen) atoms. The van der Waals surface area contributed by atoms with Gasteiger partial charge in [-0.3, -0.25) is 0 Å². The zero-order valence-corrected chi connectivity index (χ0v) is 16.9. The van der Waals surface area contributed by atoms with E-state index in [-0.39, 0.29) is 12.4 Å². The van der Waals surface area contributed by atoms with Gasteiger partial charge in [0, 0.05) is 19.6 Å². The highest BCUT2D eigenvalue weighted by atomic mass is 35.5. The number of benzene rings is 1. The molecule has 0 radical (unpaired) electrons. The molecule has 0 saturated carbocycles. The fourth-order valence-electron chi connectivity index (χ4n) is 2.05. The second-order valence-electron chi connectivity index (χ2n) is 6.80. The number of anilines is 2. The van der Waals surface area contributed by atoms with Gasteiger partial charge in [0.25, 0.3) is 0 Å². The highest BCUT2D eigenvalue weighted by Gasteiger charge is 2.15. The molecular formula is C18H28ClN3O5. The molecule has 0 fully saturated rings. The number of nitrogens with one attached hydrogen (secondary N) is 3. The fraction of sp³-hybridized carbons (Fsp3) is 0.556. The van der Waals surface area contributed by atoms with Gasteiger partial charge in [0.1, 0.15) is 5.60 Å². The van der Waals surface area contributed by atoms with Gasteiger partial charge in [-0.05, 0) is 39.0 Å². The molecule has 1 atom stereocenters. The van der Waals surface area contributed by atoms with E-state index in [2.05, 4.69) is 16.0 Å². The number of hydrogen-bond acceptors (Lipinski definition) is 7. The number of aliphatic hydroxyl groups excluding tert-OH is 1. The summed E-state index contributed by atoms with van der Waals surface area (Å²) in [7, 11) is 1.31. The molecule has 0 heterocycles. The van der Waals surface area contributed by atoms with E-state index in [1.165, 1.54) is 7.11 Å². The summed E-state index contributed by atoms with van der Waals surface area (Å²) in [5.41, 5.74) is 1.13. The Morgan fingerprint density at radius 1 is 1.19 bits per heavy atom. The summed E-state index contributed by atoms with van der Waals surface area (Å²) in [6, 6.07) is 4.96. The van der Waals surface area contributed by atoms with Crippen LogP contribution < -0.4 is 16.0 Å². The summed E-state index contributed by atoms with van der Waals surface area (Å²) in [6.45, 7) is 6.38. The van der Waals surface area contributed by atoms with Crippen LogP contribution in [0.2, 0.25) is 0 Å². The van der Waals surface area contributed by atoms with Gasteiger partial charge in [-0.15, -0.1) is 11.6 Å². The van der Waals surface area contributed by atoms with Crippen molar-refractivity contribution >= 4 is 35.0 Å². The number of ether oxygens (including phenoxy) is 2. The van der Waals surface area contributed by atoms with E-state index >= 15 is 0 Å². The molecule has 0 saturated heterocycles. The Labute approximate surface area is 164 Å². The lowest BCUT2D eigenvalue weighted by atomic mass is 10.1. The van der Waals surface area contributed by atoms with E-state index in [0.717, 1.165) is 0 Å². The molecule has 1 unspecified atom stereocenters. The molecule has 1 aromatic carbocycles. The van der Waals surface area contributed by atoms with Gasteiger partial charge in [0.05, 0.1) is 36.0 Å². The highest BCUT2D eigenvalue weighted by molar-refractivity contribution is 6.18. The summed E-state index contributed by atoms with van der Waals surface area (Å²) in [5, 5.41) is 18.5. The number of esters is 1. The normalized spacial score (nSPS) is 12.1. The maximum Gasteiger partial charge on any atom is 0.407 e. The molecule has 4 N–H and O–H groups in total. The van der Waals surface area contributed by atoms with Crippen LogP contribution in [0.3, 0.4) is 0 Å². The predicted molar refractivity (Wildman–Crippen MR) is 106 cm³/mol. The van der Waals surface area contributed by atoms with Crippen LogP contribution in [0.1, 0.15) is 31.1 Å². The molecule has 152 valence electrons. The van der Waals surface area contributed by atoms with Gasteiger partial charge < -0.3 is 30.5 Å². The molecule has 9 heteroatoms. The molecule has 0 aliphatic carbocycles. The standard InChI is InChI=1S/C18H28ClN3O5/c1-18(2,3)27-17(25)21-8-7-20-14-6-5-12(16(24)26-4)9-15(14)22-11-13(23)10-19/h5-6,9,13,20,22-23H,7-8,10-11H2,1-4H3,(H,21,25). The van der Waals surface area contributed by atoms with Crippen molar-refractivity contribution in [3.05, 3.63) is 23.8 Å². The van der Waals surface area contributed by atoms with Gasteiger partial charge in [-0.25, -0.2) is 9.59 Å². The minimum absolute atomic E-state index is 0.0895. The molecule has 1 rings (SSSR count). The SMILES string of the molecule is COC(=O)c1ccc(NCCNC(=O)OC(C)(C)C)c(NCC(O)CCl)c1. The van der Waals surface area contributed by atoms with Gasteiger partial charge >= 0.3 is 12.1 Å². The van der Waals surface area contributed by atoms with Gasteiger partial charge in [-0.1, -0.05) is 0 Å². The number of carbonyl (C=O) groups is 2. The third-order valence-corrected chi connectivity index (χ3v) is 3.61. The Balaban J connectivity index is 2.68. The molecule has 0 bridgehead atoms. The maximum atomic E-state index is 11.7. The summed E-state index contributed by atoms with van der Waals surface area (Å²) >= 11 is 5.61. The third kappa shape index (κ3) is 8.83. The minimum Gasteiger partial charge on any atom is -0.465 e. The number of carbonyl (C=O) groups excluding carboxylic acids is 2. The number of alkyl carbamates (subject to hydrolysis) is 1. The lowest BCUT2D eigenvalue weighted by Crippen LogP contribution is -2.35. The Kier molecular flexibility index (Phi) is 9.17. The molecule has 0 spiro atoms. The number of amides is 1. The van der Waals surface area contributed by atoms with Gasteiger partial charge in [-0.2, -0.15) is 0 Å². The smallest absolute Gasteiger partial charge is 0.407 e. The average Bonchev–Trinajstić information content (AvgIpc) is 2.61. The van der Waals surface area contributed by atoms with Crippen LogP contribution in [0.25, 0.3) is 0 Å². The second kappa shape index (κ2) is 10.8. The van der Waals surface area contributed by atoms with Crippen LogP contribution in [0.4, 0.5) is 16.2 Å². The monoisotopic (exact) mass is 401 g/mol. The Bertz CT molecular complexity index is 634. The van der Waals surface area contributed by atoms with E-state index in [9.17, 15) is 14.7 Å². The summed E-state index contributed by atoms with van der Waals surface area (Å²) in [4.78, 5) is 23.4. The van der Waals surface area contributed by atoms with E-state index in [0.29, 0.717) is 30.0 Å². The zero-order valence-electron chi connectivity index (χ0n) is 16.1. The van der Waals surface area contributed by atoms with Crippen molar-refractivity contribution < 1.29 is 24.2 Å². The molecule has 0 aromatic heterocycles. The van der Waals surface area contributed by atoms with Crippen LogP contribution in [0, 0.1) is 0 Å². The molecule has 1 amide bonds. The lowest BCUT2D eigenvalue weighted by molar-refractivity contribution is 0.0528. The van der Waals surface area contributed by atoms with E-state index < -0.39 is 23.8 Å². The molecule has 0 aliphatic rings. The largest absolute Gasteiger partial charge is 0.465 e. The Hall–Kier alpha value is -2.19. The molecule has 1 aromatic rings. The Morgan fingerprint density at radius 3 is 2.48 bits per heavy atom. The first-order valence-corrected chi connectivity index (χ1v) is 9.10. The number of aliphatic hydroxyl groups is 1. The van der Waals surface area contributed by atoms with Crippen LogP contribution >= 0.6 is 11.6 Å². The van der Waals surface area contributed by atoms with Crippen LogP contribution in [0.5, 0.6) is 0 Å². The first-order chi connectivity index (χ1) is 12.7. The van der Waals surface area contributed by atoms with Crippen molar-refractivity contribution in [2.45, 2.75) is 32.5 Å². The van der Waals surface area contributed by atoms with Crippen molar-refractivity contribution in [2.24, 2.45) is 0 Å². The van der Waals surface area contributed by atoms with E-state index in [4.69, 9.17) is 21.1 Å². The fourth-order valence-corrected chi connectivity index (χ4v) is 2.16. The lowest BCUT2D eigenvalue weighted by Gasteiger charge is -2.20. The number of rotatable bonds is 9. The van der Waals surface area contributed by atoms with Crippen molar-refractivity contribution in [1.82, 2.24) is 5.32 Å². The second-order valence-corrected chi connectivity index (χ2v) is 7.11. The third-order valence-electron chi connectivity index (χ3n) is 3.26. The summed E-state index contributed by atoms with van der Waals surface area (Å²) in [5.74, 6) is -0.374. The number of halogens is 1. The van der Waals surface area contributed by atoms with Gasteiger partial charge in [0.2, 0.25) is 0 Å². The van der Waals surface area contributed by atoms with Crippen LogP contribution in [-0.2, 0) is 9.47 Å². The minimum atomic E-state index is -0.727. The molecule has 0 aliphatic heterocycles. The van der Waals surface area contributed by atoms with Crippen LogP contribution in [-0.4, -0.2) is 61.5 Å². The van der Waals surface area contributed by atoms with Crippen molar-refractivity contribution in [3.8, 4) is 0 Å². The maximum absolute atomic E-state index is 11.7. The van der Waals surface area contributed by atoms with Crippen LogP contribution in [0.15, 0.2) is 18.2 Å². The topological polar surface area (TPSA) is 109 Å².